The maximum atomic E-state index is 12.6. The van der Waals surface area contributed by atoms with Crippen molar-refractivity contribution in [3.8, 4) is 22.3 Å². The van der Waals surface area contributed by atoms with Crippen LogP contribution in [0.25, 0.3) is 10.8 Å². The summed E-state index contributed by atoms with van der Waals surface area (Å²) in [7, 11) is 0. The van der Waals surface area contributed by atoms with Crippen LogP contribution < -0.4 is 10.1 Å². The highest BCUT2D eigenvalue weighted by Gasteiger charge is 2.16. The largest absolute Gasteiger partial charge is 0.454 e. The average Bonchev–Trinajstić information content (AvgIpc) is 3.35. The minimum atomic E-state index is -0.214. The molecule has 5 nitrogen and oxygen atoms in total. The van der Waals surface area contributed by atoms with Gasteiger partial charge in [0, 0.05) is 0 Å². The summed E-state index contributed by atoms with van der Waals surface area (Å²) in [5.41, 5.74) is 1.16. The Bertz CT molecular complexity index is 1140. The number of carbonyl (C=O) groups excluding carboxylic acids is 1. The van der Waals surface area contributed by atoms with E-state index in [1.54, 1.807) is 31.2 Å². The van der Waals surface area contributed by atoms with Crippen LogP contribution >= 0.6 is 22.9 Å². The van der Waals surface area contributed by atoms with Gasteiger partial charge in [-0.1, -0.05) is 41.9 Å². The Morgan fingerprint density at radius 1 is 1.10 bits per heavy atom. The van der Waals surface area contributed by atoms with Gasteiger partial charge in [0.2, 0.25) is 11.8 Å². The molecule has 0 bridgehead atoms. The van der Waals surface area contributed by atoms with Gasteiger partial charge in [0.1, 0.15) is 11.5 Å². The predicted octanol–water partition coefficient (Wildman–Crippen LogP) is 6.34. The first-order valence-corrected chi connectivity index (χ1v) is 10.2. The standard InChI is InChI=1S/C22H17ClN2O3S/c1-14-17(25-22(27-14)20-11-6-12-29-20)13-21(26)24-16-8-3-5-10-19(16)28-18-9-4-2-7-15(18)23/h2-12H,13H2,1H3,(H,24,26). The second-order valence-electron chi connectivity index (χ2n) is 6.25. The molecule has 0 aliphatic rings. The van der Waals surface area contributed by atoms with E-state index in [0.717, 1.165) is 4.88 Å². The Balaban J connectivity index is 1.49. The van der Waals surface area contributed by atoms with Gasteiger partial charge in [-0.05, 0) is 42.6 Å². The molecule has 4 aromatic rings. The van der Waals surface area contributed by atoms with E-state index in [1.165, 1.54) is 11.3 Å². The van der Waals surface area contributed by atoms with E-state index in [9.17, 15) is 4.79 Å². The van der Waals surface area contributed by atoms with Crippen molar-refractivity contribution in [3.63, 3.8) is 0 Å². The van der Waals surface area contributed by atoms with E-state index in [-0.39, 0.29) is 12.3 Å². The number of nitrogens with one attached hydrogen (secondary N) is 1. The van der Waals surface area contributed by atoms with Gasteiger partial charge in [-0.25, -0.2) is 4.98 Å². The highest BCUT2D eigenvalue weighted by atomic mass is 35.5. The third-order valence-corrected chi connectivity index (χ3v) is 5.34. The van der Waals surface area contributed by atoms with E-state index in [2.05, 4.69) is 10.3 Å². The number of rotatable bonds is 6. The molecule has 2 aromatic heterocycles. The summed E-state index contributed by atoms with van der Waals surface area (Å²) in [6, 6.07) is 18.2. The fourth-order valence-corrected chi connectivity index (χ4v) is 3.57. The molecule has 0 aliphatic carbocycles. The maximum Gasteiger partial charge on any atom is 0.236 e. The number of benzene rings is 2. The molecule has 146 valence electrons. The van der Waals surface area contributed by atoms with Gasteiger partial charge < -0.3 is 14.5 Å². The van der Waals surface area contributed by atoms with E-state index < -0.39 is 0 Å². The Kier molecular flexibility index (Phi) is 5.64. The summed E-state index contributed by atoms with van der Waals surface area (Å²) >= 11 is 7.71. The van der Waals surface area contributed by atoms with Gasteiger partial charge >= 0.3 is 0 Å². The number of hydrogen-bond donors (Lipinski definition) is 1. The van der Waals surface area contributed by atoms with E-state index in [4.69, 9.17) is 20.8 Å². The number of aromatic nitrogens is 1. The molecule has 0 radical (unpaired) electrons. The number of halogens is 1. The maximum absolute atomic E-state index is 12.6. The fraction of sp³-hybridized carbons (Fsp3) is 0.0909. The Morgan fingerprint density at radius 3 is 2.62 bits per heavy atom. The van der Waals surface area contributed by atoms with Gasteiger partial charge in [0.05, 0.1) is 27.7 Å². The van der Waals surface area contributed by atoms with Gasteiger partial charge in [-0.2, -0.15) is 0 Å². The number of thiophene rings is 1. The van der Waals surface area contributed by atoms with Crippen molar-refractivity contribution in [2.75, 3.05) is 5.32 Å². The van der Waals surface area contributed by atoms with Crippen molar-refractivity contribution in [3.05, 3.63) is 82.5 Å². The van der Waals surface area contributed by atoms with Crippen molar-refractivity contribution in [2.45, 2.75) is 13.3 Å². The molecule has 0 unspecified atom stereocenters. The normalized spacial score (nSPS) is 10.7. The zero-order valence-corrected chi connectivity index (χ0v) is 17.1. The SMILES string of the molecule is Cc1oc(-c2cccs2)nc1CC(=O)Nc1ccccc1Oc1ccccc1Cl. The quantitative estimate of drug-likeness (QED) is 0.392. The van der Waals surface area contributed by atoms with Crippen molar-refractivity contribution >= 4 is 34.5 Å². The van der Waals surface area contributed by atoms with Gasteiger partial charge in [-0.15, -0.1) is 11.3 Å². The fourth-order valence-electron chi connectivity index (χ4n) is 2.75. The summed E-state index contributed by atoms with van der Waals surface area (Å²) in [6.45, 7) is 1.81. The lowest BCUT2D eigenvalue weighted by Crippen LogP contribution is -2.15. The second kappa shape index (κ2) is 8.51. The number of ether oxygens (including phenoxy) is 1. The molecule has 0 saturated heterocycles. The number of hydrogen-bond acceptors (Lipinski definition) is 5. The van der Waals surface area contributed by atoms with Crippen LogP contribution in [0.15, 0.2) is 70.5 Å². The van der Waals surface area contributed by atoms with Crippen molar-refractivity contribution in [2.24, 2.45) is 0 Å². The third-order valence-electron chi connectivity index (χ3n) is 4.17. The van der Waals surface area contributed by atoms with Crippen LogP contribution in [0, 0.1) is 6.92 Å². The first-order valence-electron chi connectivity index (χ1n) is 8.91. The van der Waals surface area contributed by atoms with E-state index >= 15 is 0 Å². The molecule has 7 heteroatoms. The second-order valence-corrected chi connectivity index (χ2v) is 7.61. The first-order chi connectivity index (χ1) is 14.1. The molecule has 0 aliphatic heterocycles. The van der Waals surface area contributed by atoms with Crippen LogP contribution in [-0.4, -0.2) is 10.9 Å². The minimum absolute atomic E-state index is 0.0983. The van der Waals surface area contributed by atoms with Crippen LogP contribution in [0.4, 0.5) is 5.69 Å². The molecule has 0 atom stereocenters. The monoisotopic (exact) mass is 424 g/mol. The number of carbonyl (C=O) groups is 1. The molecule has 4 rings (SSSR count). The number of para-hydroxylation sites is 3. The molecule has 0 saturated carbocycles. The third kappa shape index (κ3) is 4.50. The van der Waals surface area contributed by atoms with Crippen LogP contribution in [0.5, 0.6) is 11.5 Å². The molecule has 1 N–H and O–H groups in total. The number of anilines is 1. The molecule has 2 aromatic carbocycles. The Morgan fingerprint density at radius 2 is 1.86 bits per heavy atom. The zero-order valence-electron chi connectivity index (χ0n) is 15.5. The summed E-state index contributed by atoms with van der Waals surface area (Å²) in [6.07, 6.45) is 0.0983. The minimum Gasteiger partial charge on any atom is -0.454 e. The number of aryl methyl sites for hydroxylation is 1. The van der Waals surface area contributed by atoms with Gasteiger partial charge in [-0.3, -0.25) is 4.79 Å². The molecular formula is C22H17ClN2O3S. The van der Waals surface area contributed by atoms with Crippen molar-refractivity contribution < 1.29 is 13.9 Å². The van der Waals surface area contributed by atoms with Crippen molar-refractivity contribution in [1.82, 2.24) is 4.98 Å². The highest BCUT2D eigenvalue weighted by Crippen LogP contribution is 2.33. The predicted molar refractivity (Wildman–Crippen MR) is 115 cm³/mol. The van der Waals surface area contributed by atoms with E-state index in [0.29, 0.717) is 39.6 Å². The summed E-state index contributed by atoms with van der Waals surface area (Å²) in [4.78, 5) is 18.0. The number of oxazole rings is 1. The highest BCUT2D eigenvalue weighted by molar-refractivity contribution is 7.13. The van der Waals surface area contributed by atoms with Crippen LogP contribution in [0.3, 0.4) is 0 Å². The summed E-state index contributed by atoms with van der Waals surface area (Å²) in [5.74, 6) is 1.97. The van der Waals surface area contributed by atoms with E-state index in [1.807, 2.05) is 41.8 Å². The van der Waals surface area contributed by atoms with Crippen LogP contribution in [0.1, 0.15) is 11.5 Å². The summed E-state index contributed by atoms with van der Waals surface area (Å²) < 4.78 is 11.6. The number of amides is 1. The summed E-state index contributed by atoms with van der Waals surface area (Å²) in [5, 5.41) is 5.33. The van der Waals surface area contributed by atoms with Crippen LogP contribution in [0.2, 0.25) is 5.02 Å². The molecule has 0 spiro atoms. The Labute approximate surface area is 176 Å². The lowest BCUT2D eigenvalue weighted by atomic mass is 10.2. The molecule has 2 heterocycles. The van der Waals surface area contributed by atoms with Crippen molar-refractivity contribution in [1.29, 1.82) is 0 Å². The van der Waals surface area contributed by atoms with Gasteiger partial charge in [0.15, 0.2) is 5.75 Å². The van der Waals surface area contributed by atoms with Gasteiger partial charge in [0.25, 0.3) is 0 Å². The average molecular weight is 425 g/mol. The lowest BCUT2D eigenvalue weighted by Gasteiger charge is -2.12. The molecule has 1 amide bonds. The number of nitrogens with zero attached hydrogens (tertiary/aromatic N) is 1. The molecule has 29 heavy (non-hydrogen) atoms. The smallest absolute Gasteiger partial charge is 0.236 e. The molecule has 0 fully saturated rings. The topological polar surface area (TPSA) is 64.4 Å². The lowest BCUT2D eigenvalue weighted by molar-refractivity contribution is -0.115. The zero-order chi connectivity index (χ0) is 20.2. The van der Waals surface area contributed by atoms with Crippen LogP contribution in [-0.2, 0) is 11.2 Å². The molecular weight excluding hydrogens is 408 g/mol. The first kappa shape index (κ1) is 19.2. The Hall–Kier alpha value is -3.09.